The van der Waals surface area contributed by atoms with Crippen molar-refractivity contribution < 1.29 is 19.1 Å². The largest absolute Gasteiger partial charge is 0.453 e. The molecule has 3 amide bonds. The molecule has 3 N–H and O–H groups in total. The van der Waals surface area contributed by atoms with Gasteiger partial charge in [-0.25, -0.2) is 19.7 Å². The average Bonchev–Trinajstić information content (AvgIpc) is 4.08. The van der Waals surface area contributed by atoms with Gasteiger partial charge < -0.3 is 24.9 Å². The second kappa shape index (κ2) is 15.2. The number of nitrogens with one attached hydrogen (secondary N) is 3. The number of aromatic nitrogens is 5. The highest BCUT2D eigenvalue weighted by molar-refractivity contribution is 5.95. The molecule has 3 fully saturated rings. The maximum Gasteiger partial charge on any atom is 0.407 e. The fraction of sp³-hybridized carbons (Fsp3) is 0.395. The first-order valence-corrected chi connectivity index (χ1v) is 19.3. The molecule has 12 nitrogen and oxygen atoms in total. The second-order valence-electron chi connectivity index (χ2n) is 15.5. The number of ether oxygens (including phenoxy) is 1. The number of benzene rings is 2. The molecule has 3 aliphatic rings. The Kier molecular flexibility index (Phi) is 9.98. The lowest BCUT2D eigenvalue weighted by Gasteiger charge is -2.31. The summed E-state index contributed by atoms with van der Waals surface area (Å²) in [6.45, 7) is 4.42. The number of nitrogens with zero attached hydrogens (tertiary/aromatic N) is 5. The topological polar surface area (TPSA) is 149 Å². The summed E-state index contributed by atoms with van der Waals surface area (Å²) in [4.78, 5) is 63.9. The number of pyridine rings is 1. The van der Waals surface area contributed by atoms with Crippen LogP contribution in [0, 0.1) is 23.7 Å². The summed E-state index contributed by atoms with van der Waals surface area (Å²) in [5.41, 5.74) is 6.04. The van der Waals surface area contributed by atoms with Crippen LogP contribution in [0.25, 0.3) is 33.6 Å². The van der Waals surface area contributed by atoms with Crippen molar-refractivity contribution in [1.82, 2.24) is 35.1 Å². The number of carbonyl (C=O) groups is 3. The number of H-pyrrole nitrogens is 2. The molecule has 8 rings (SSSR count). The van der Waals surface area contributed by atoms with Gasteiger partial charge in [0.25, 0.3) is 0 Å². The zero-order chi connectivity index (χ0) is 38.2. The van der Waals surface area contributed by atoms with E-state index < -0.39 is 12.1 Å². The van der Waals surface area contributed by atoms with E-state index in [1.165, 1.54) is 7.11 Å². The van der Waals surface area contributed by atoms with E-state index in [0.29, 0.717) is 24.2 Å². The minimum Gasteiger partial charge on any atom is -0.453 e. The molecule has 12 heteroatoms. The number of hydrogen-bond acceptors (Lipinski definition) is 7. The van der Waals surface area contributed by atoms with Gasteiger partial charge in [0.15, 0.2) is 0 Å². The number of carbonyl (C=O) groups excluding carboxylic acids is 3. The lowest BCUT2D eigenvalue weighted by atomic mass is 9.78. The van der Waals surface area contributed by atoms with E-state index in [4.69, 9.17) is 9.72 Å². The van der Waals surface area contributed by atoms with Crippen LogP contribution in [0.15, 0.2) is 85.3 Å². The van der Waals surface area contributed by atoms with Crippen molar-refractivity contribution in [3.8, 4) is 33.6 Å². The predicted octanol–water partition coefficient (Wildman–Crippen LogP) is 7.37. The number of likely N-dealkylation sites (tertiary alicyclic amines) is 1. The van der Waals surface area contributed by atoms with Crippen LogP contribution in [-0.4, -0.2) is 74.5 Å². The monoisotopic (exact) mass is 740 g/mol. The molecule has 4 heterocycles. The molecule has 0 radical (unpaired) electrons. The second-order valence-corrected chi connectivity index (χ2v) is 15.5. The Morgan fingerprint density at radius 3 is 2.05 bits per heavy atom. The summed E-state index contributed by atoms with van der Waals surface area (Å²) < 4.78 is 4.76. The summed E-state index contributed by atoms with van der Waals surface area (Å²) in [5.74, 6) is 3.00. The standard InChI is InChI=1S/C43H48N8O4/c1-25(2)38(49-43(54)55-4)42(53)51-21-7-8-34(51)39-45-23-32(47-39)28-14-10-26(11-15-28)27-12-16-29(17-13-27)33-24-46-40(48-33)36-30-18-19-31(22-30)37(36)41(52)50(3)35-9-5-6-20-44-35/h5-6,9-17,20,23-25,30-31,34,36-38H,7-8,18-19,21-22H2,1-4H3,(H,45,47)(H,46,48)(H,49,54)/t30?,31?,34-,36?,37-,38-/m0/s1. The molecule has 0 spiro atoms. The average molecular weight is 741 g/mol. The van der Waals surface area contributed by atoms with E-state index in [1.54, 1.807) is 11.1 Å². The normalized spacial score (nSPS) is 22.2. The summed E-state index contributed by atoms with van der Waals surface area (Å²) >= 11 is 0. The van der Waals surface area contributed by atoms with Gasteiger partial charge in [-0.3, -0.25) is 14.5 Å². The molecule has 2 saturated carbocycles. The van der Waals surface area contributed by atoms with Gasteiger partial charge in [0, 0.05) is 25.7 Å². The maximum absolute atomic E-state index is 13.8. The summed E-state index contributed by atoms with van der Waals surface area (Å²) in [6, 6.07) is 21.6. The van der Waals surface area contributed by atoms with Crippen LogP contribution in [0.3, 0.4) is 0 Å². The molecule has 284 valence electrons. The molecular weight excluding hydrogens is 693 g/mol. The summed E-state index contributed by atoms with van der Waals surface area (Å²) in [6.07, 6.45) is 9.77. The molecule has 2 bridgehead atoms. The van der Waals surface area contributed by atoms with Crippen LogP contribution in [0.4, 0.5) is 10.6 Å². The third kappa shape index (κ3) is 7.01. The third-order valence-electron chi connectivity index (χ3n) is 12.0. The lowest BCUT2D eigenvalue weighted by Crippen LogP contribution is -2.51. The molecule has 2 aromatic carbocycles. The number of amides is 3. The molecular formula is C43H48N8O4. The molecule has 6 atom stereocenters. The summed E-state index contributed by atoms with van der Waals surface area (Å²) in [7, 11) is 3.13. The van der Waals surface area contributed by atoms with E-state index in [2.05, 4.69) is 73.8 Å². The van der Waals surface area contributed by atoms with Gasteiger partial charge >= 0.3 is 6.09 Å². The predicted molar refractivity (Wildman–Crippen MR) is 210 cm³/mol. The van der Waals surface area contributed by atoms with Crippen LogP contribution >= 0.6 is 0 Å². The van der Waals surface area contributed by atoms with Crippen LogP contribution in [0.1, 0.15) is 69.6 Å². The Bertz CT molecular complexity index is 2140. The first-order valence-electron chi connectivity index (χ1n) is 19.3. The SMILES string of the molecule is COC(=O)N[C@H](C(=O)N1CCC[C@H]1c1ncc(-c2ccc(-c3ccc(-c4cnc(C5C6CCC(C6)[C@@H]5C(=O)N(C)c5ccccn5)[nH]4)cc3)cc2)[nH]1)C(C)C. The van der Waals surface area contributed by atoms with Gasteiger partial charge in [-0.15, -0.1) is 0 Å². The molecule has 1 aliphatic heterocycles. The third-order valence-corrected chi connectivity index (χ3v) is 12.0. The smallest absolute Gasteiger partial charge is 0.407 e. The number of rotatable bonds is 10. The van der Waals surface area contributed by atoms with Crippen molar-refractivity contribution in [1.29, 1.82) is 0 Å². The highest BCUT2D eigenvalue weighted by atomic mass is 16.5. The van der Waals surface area contributed by atoms with Gasteiger partial charge in [-0.1, -0.05) is 68.4 Å². The van der Waals surface area contributed by atoms with Crippen LogP contribution in [0.5, 0.6) is 0 Å². The van der Waals surface area contributed by atoms with E-state index >= 15 is 0 Å². The van der Waals surface area contributed by atoms with Gasteiger partial charge in [0.1, 0.15) is 23.5 Å². The minimum absolute atomic E-state index is 0.0714. The quantitative estimate of drug-likeness (QED) is 0.135. The number of aromatic amines is 2. The van der Waals surface area contributed by atoms with E-state index in [9.17, 15) is 14.4 Å². The number of anilines is 1. The van der Waals surface area contributed by atoms with Crippen LogP contribution in [-0.2, 0) is 14.3 Å². The van der Waals surface area contributed by atoms with E-state index in [0.717, 1.165) is 77.4 Å². The zero-order valence-corrected chi connectivity index (χ0v) is 31.7. The number of methoxy groups -OCH3 is 1. The van der Waals surface area contributed by atoms with Gasteiger partial charge in [0.2, 0.25) is 11.8 Å². The van der Waals surface area contributed by atoms with Crippen molar-refractivity contribution in [2.24, 2.45) is 23.7 Å². The molecule has 1 saturated heterocycles. The molecule has 5 aromatic rings. The number of hydrogen-bond donors (Lipinski definition) is 3. The van der Waals surface area contributed by atoms with E-state index in [1.807, 2.05) is 56.4 Å². The minimum atomic E-state index is -0.677. The van der Waals surface area contributed by atoms with Crippen molar-refractivity contribution in [2.45, 2.75) is 64.0 Å². The molecule has 3 aromatic heterocycles. The fourth-order valence-electron chi connectivity index (χ4n) is 9.11. The Labute approximate surface area is 321 Å². The highest BCUT2D eigenvalue weighted by Crippen LogP contribution is 2.56. The van der Waals surface area contributed by atoms with Gasteiger partial charge in [0.05, 0.1) is 42.9 Å². The fourth-order valence-corrected chi connectivity index (χ4v) is 9.11. The number of alkyl carbamates (subject to hydrolysis) is 1. The number of fused-ring (bicyclic) bond motifs is 2. The van der Waals surface area contributed by atoms with E-state index in [-0.39, 0.29) is 35.6 Å². The lowest BCUT2D eigenvalue weighted by molar-refractivity contribution is -0.135. The van der Waals surface area contributed by atoms with Crippen molar-refractivity contribution in [2.75, 3.05) is 25.6 Å². The Hall–Kier alpha value is -5.78. The van der Waals surface area contributed by atoms with Gasteiger partial charge in [-0.2, -0.15) is 0 Å². The van der Waals surface area contributed by atoms with Crippen molar-refractivity contribution >= 4 is 23.7 Å². The molecule has 55 heavy (non-hydrogen) atoms. The van der Waals surface area contributed by atoms with Crippen molar-refractivity contribution in [3.63, 3.8) is 0 Å². The molecule has 2 aliphatic carbocycles. The highest BCUT2D eigenvalue weighted by Gasteiger charge is 2.53. The van der Waals surface area contributed by atoms with Crippen LogP contribution < -0.4 is 10.2 Å². The van der Waals surface area contributed by atoms with Crippen molar-refractivity contribution in [3.05, 3.63) is 97.0 Å². The van der Waals surface area contributed by atoms with Gasteiger partial charge in [-0.05, 0) is 84.2 Å². The zero-order valence-electron chi connectivity index (χ0n) is 31.7. The first-order chi connectivity index (χ1) is 26.7. The Balaban J connectivity index is 0.935. The first kappa shape index (κ1) is 36.2. The maximum atomic E-state index is 13.8. The number of imidazole rings is 2. The Morgan fingerprint density at radius 1 is 0.818 bits per heavy atom. The molecule has 3 unspecified atom stereocenters. The Morgan fingerprint density at radius 2 is 1.44 bits per heavy atom. The van der Waals surface area contributed by atoms with Crippen LogP contribution in [0.2, 0.25) is 0 Å². The summed E-state index contributed by atoms with van der Waals surface area (Å²) in [5, 5.41) is 2.70.